The summed E-state index contributed by atoms with van der Waals surface area (Å²) in [7, 11) is 0. The number of halogens is 1. The zero-order valence-electron chi connectivity index (χ0n) is 18.8. The molecule has 0 aromatic carbocycles. The Morgan fingerprint density at radius 2 is 1.71 bits per heavy atom. The summed E-state index contributed by atoms with van der Waals surface area (Å²) >= 11 is 0. The molecule has 0 unspecified atom stereocenters. The van der Waals surface area contributed by atoms with Gasteiger partial charge in [0.15, 0.2) is 11.6 Å². The van der Waals surface area contributed by atoms with Gasteiger partial charge in [0.1, 0.15) is 11.9 Å². The van der Waals surface area contributed by atoms with E-state index in [1.165, 1.54) is 6.07 Å². The van der Waals surface area contributed by atoms with Crippen molar-refractivity contribution in [3.8, 4) is 17.3 Å². The van der Waals surface area contributed by atoms with Gasteiger partial charge in [0.2, 0.25) is 0 Å². The van der Waals surface area contributed by atoms with Gasteiger partial charge in [-0.15, -0.1) is 0 Å². The highest BCUT2D eigenvalue weighted by Crippen LogP contribution is 2.28. The van der Waals surface area contributed by atoms with Crippen LogP contribution in [0.2, 0.25) is 0 Å². The largest absolute Gasteiger partial charge is 0.472 e. The van der Waals surface area contributed by atoms with Gasteiger partial charge in [-0.05, 0) is 56.1 Å². The highest BCUT2D eigenvalue weighted by atomic mass is 19.1. The average Bonchev–Trinajstić information content (AvgIpc) is 2.74. The first-order valence-electron chi connectivity index (χ1n) is 11.1. The SMILES string of the molecule is CC(=O)C[C@@H](C)COC1CCC(Oc2ncc(-c3ncc(C(C)C)cn3)cc2F)CC1. The maximum Gasteiger partial charge on any atom is 0.250 e. The molecule has 0 amide bonds. The molecule has 0 aliphatic heterocycles. The van der Waals surface area contributed by atoms with E-state index in [9.17, 15) is 9.18 Å². The van der Waals surface area contributed by atoms with Crippen molar-refractivity contribution < 1.29 is 18.7 Å². The number of rotatable bonds is 9. The first-order valence-corrected chi connectivity index (χ1v) is 11.1. The molecule has 2 heterocycles. The molecule has 31 heavy (non-hydrogen) atoms. The Balaban J connectivity index is 1.50. The second kappa shape index (κ2) is 10.8. The first kappa shape index (κ1) is 23.3. The molecule has 0 radical (unpaired) electrons. The molecule has 0 bridgehead atoms. The van der Waals surface area contributed by atoms with Gasteiger partial charge in [-0.3, -0.25) is 0 Å². The molecule has 3 rings (SSSR count). The highest BCUT2D eigenvalue weighted by molar-refractivity contribution is 5.75. The molecule has 0 saturated heterocycles. The Hall–Kier alpha value is -2.41. The van der Waals surface area contributed by atoms with Crippen LogP contribution in [0.1, 0.15) is 71.3 Å². The summed E-state index contributed by atoms with van der Waals surface area (Å²) in [6, 6.07) is 1.37. The predicted molar refractivity (Wildman–Crippen MR) is 116 cm³/mol. The quantitative estimate of drug-likeness (QED) is 0.551. The molecule has 7 heteroatoms. The zero-order valence-corrected chi connectivity index (χ0v) is 18.8. The van der Waals surface area contributed by atoms with Crippen molar-refractivity contribution in [3.05, 3.63) is 36.0 Å². The van der Waals surface area contributed by atoms with E-state index in [0.29, 0.717) is 30.3 Å². The van der Waals surface area contributed by atoms with E-state index in [4.69, 9.17) is 9.47 Å². The number of hydrogen-bond donors (Lipinski definition) is 0. The second-order valence-electron chi connectivity index (χ2n) is 8.87. The minimum absolute atomic E-state index is 0.0157. The lowest BCUT2D eigenvalue weighted by Gasteiger charge is -2.29. The Labute approximate surface area is 183 Å². The van der Waals surface area contributed by atoms with Crippen LogP contribution in [0.25, 0.3) is 11.4 Å². The molecule has 0 N–H and O–H groups in total. The minimum Gasteiger partial charge on any atom is -0.472 e. The van der Waals surface area contributed by atoms with Crippen LogP contribution in [0.3, 0.4) is 0 Å². The van der Waals surface area contributed by atoms with E-state index in [1.807, 2.05) is 6.92 Å². The van der Waals surface area contributed by atoms with Crippen molar-refractivity contribution >= 4 is 5.78 Å². The maximum atomic E-state index is 14.6. The van der Waals surface area contributed by atoms with E-state index in [-0.39, 0.29) is 29.8 Å². The van der Waals surface area contributed by atoms with Gasteiger partial charge < -0.3 is 14.3 Å². The highest BCUT2D eigenvalue weighted by Gasteiger charge is 2.25. The Kier molecular flexibility index (Phi) is 8.07. The Morgan fingerprint density at radius 1 is 1.06 bits per heavy atom. The molecular weight excluding hydrogens is 397 g/mol. The van der Waals surface area contributed by atoms with Crippen molar-refractivity contribution in [3.63, 3.8) is 0 Å². The molecule has 1 atom stereocenters. The smallest absolute Gasteiger partial charge is 0.250 e. The van der Waals surface area contributed by atoms with Crippen molar-refractivity contribution in [2.24, 2.45) is 5.92 Å². The number of carbonyl (C=O) groups is 1. The molecule has 1 fully saturated rings. The van der Waals surface area contributed by atoms with Crippen molar-refractivity contribution in [1.82, 2.24) is 15.0 Å². The molecule has 2 aromatic rings. The molecule has 2 aromatic heterocycles. The normalized spacial score (nSPS) is 19.9. The van der Waals surface area contributed by atoms with Crippen LogP contribution in [0.5, 0.6) is 5.88 Å². The van der Waals surface area contributed by atoms with Gasteiger partial charge >= 0.3 is 0 Å². The van der Waals surface area contributed by atoms with Crippen LogP contribution >= 0.6 is 0 Å². The van der Waals surface area contributed by atoms with Crippen LogP contribution in [-0.2, 0) is 9.53 Å². The number of nitrogens with zero attached hydrogens (tertiary/aromatic N) is 3. The fourth-order valence-corrected chi connectivity index (χ4v) is 3.74. The molecule has 0 spiro atoms. The zero-order chi connectivity index (χ0) is 22.4. The lowest BCUT2D eigenvalue weighted by Crippen LogP contribution is -2.30. The lowest BCUT2D eigenvalue weighted by atomic mass is 9.94. The van der Waals surface area contributed by atoms with E-state index in [0.717, 1.165) is 31.2 Å². The van der Waals surface area contributed by atoms with Crippen LogP contribution < -0.4 is 4.74 Å². The topological polar surface area (TPSA) is 74.2 Å². The number of aromatic nitrogens is 3. The van der Waals surface area contributed by atoms with Crippen molar-refractivity contribution in [1.29, 1.82) is 0 Å². The fourth-order valence-electron chi connectivity index (χ4n) is 3.74. The summed E-state index contributed by atoms with van der Waals surface area (Å²) in [4.78, 5) is 24.0. The molecular formula is C24H32FN3O3. The summed E-state index contributed by atoms with van der Waals surface area (Å²) < 4.78 is 26.4. The Morgan fingerprint density at radius 3 is 2.29 bits per heavy atom. The summed E-state index contributed by atoms with van der Waals surface area (Å²) in [5.41, 5.74) is 1.56. The van der Waals surface area contributed by atoms with Gasteiger partial charge in [-0.2, -0.15) is 0 Å². The standard InChI is InChI=1S/C24H32FN3O3/c1-15(2)19-12-26-23(27-13-19)18-10-22(25)24(28-11-18)31-21-7-5-20(6-8-21)30-14-16(3)9-17(4)29/h10-13,15-16,20-21H,5-9,14H2,1-4H3/t16-,20?,21?/m1/s1. The van der Waals surface area contributed by atoms with Gasteiger partial charge in [0, 0.05) is 37.2 Å². The monoisotopic (exact) mass is 429 g/mol. The molecule has 168 valence electrons. The predicted octanol–water partition coefficient (Wildman–Crippen LogP) is 5.12. The maximum absolute atomic E-state index is 14.6. The third-order valence-corrected chi connectivity index (χ3v) is 5.56. The van der Waals surface area contributed by atoms with Crippen molar-refractivity contribution in [2.75, 3.05) is 6.61 Å². The summed E-state index contributed by atoms with van der Waals surface area (Å²) in [5, 5.41) is 0. The van der Waals surface area contributed by atoms with E-state index < -0.39 is 5.82 Å². The second-order valence-corrected chi connectivity index (χ2v) is 8.87. The molecule has 6 nitrogen and oxygen atoms in total. The first-order chi connectivity index (χ1) is 14.8. The Bertz CT molecular complexity index is 865. The van der Waals surface area contributed by atoms with Crippen molar-refractivity contribution in [2.45, 2.75) is 77.9 Å². The number of carbonyl (C=O) groups excluding carboxylic acids is 1. The van der Waals surface area contributed by atoms with Crippen LogP contribution in [0.15, 0.2) is 24.7 Å². The van der Waals surface area contributed by atoms with Gasteiger partial charge in [0.05, 0.1) is 6.10 Å². The number of ether oxygens (including phenoxy) is 2. The summed E-state index contributed by atoms with van der Waals surface area (Å²) in [6.07, 6.45) is 8.99. The van der Waals surface area contributed by atoms with E-state index in [2.05, 4.69) is 28.8 Å². The van der Waals surface area contributed by atoms with Gasteiger partial charge in [-0.1, -0.05) is 20.8 Å². The molecule has 1 aliphatic rings. The van der Waals surface area contributed by atoms with Gasteiger partial charge in [0.25, 0.3) is 5.88 Å². The number of ketones is 1. The number of Topliss-reactive ketones (excluding diaryl/α,β-unsaturated/α-hetero) is 1. The van der Waals surface area contributed by atoms with E-state index in [1.54, 1.807) is 25.5 Å². The summed E-state index contributed by atoms with van der Waals surface area (Å²) in [5.74, 6) is 0.706. The minimum atomic E-state index is -0.509. The molecule has 1 aliphatic carbocycles. The van der Waals surface area contributed by atoms with Crippen LogP contribution in [0, 0.1) is 11.7 Å². The number of pyridine rings is 1. The van der Waals surface area contributed by atoms with Crippen LogP contribution in [-0.4, -0.2) is 39.5 Å². The number of hydrogen-bond acceptors (Lipinski definition) is 6. The van der Waals surface area contributed by atoms with E-state index >= 15 is 0 Å². The average molecular weight is 430 g/mol. The van der Waals surface area contributed by atoms with Gasteiger partial charge in [-0.25, -0.2) is 19.3 Å². The third-order valence-electron chi connectivity index (χ3n) is 5.56. The van der Waals surface area contributed by atoms with Crippen LogP contribution in [0.4, 0.5) is 4.39 Å². The fraction of sp³-hybridized carbons (Fsp3) is 0.583. The lowest BCUT2D eigenvalue weighted by molar-refractivity contribution is -0.118. The molecule has 1 saturated carbocycles. The third kappa shape index (κ3) is 6.79. The summed E-state index contributed by atoms with van der Waals surface area (Å²) in [6.45, 7) is 8.36.